The van der Waals surface area contributed by atoms with E-state index < -0.39 is 17.6 Å². The minimum atomic E-state index is -0.810. The number of amides is 1. The molecule has 114 valence electrons. The first-order valence-corrected chi connectivity index (χ1v) is 7.88. The predicted molar refractivity (Wildman–Crippen MR) is 81.5 cm³/mol. The summed E-state index contributed by atoms with van der Waals surface area (Å²) in [7, 11) is 0. The molecule has 0 fully saturated rings. The standard InChI is InChI=1S/C15H25NO3S/c1-15(2,19)8-7-11(14(16)18)10-12(17)5-6-13-4-3-9-20-13/h3-4,9,11-12,17,19H,5-8,10H2,1-2H3,(H2,16,18)/t11-,12+/m1/s1. The Labute approximate surface area is 124 Å². The zero-order chi connectivity index (χ0) is 15.2. The molecular weight excluding hydrogens is 274 g/mol. The zero-order valence-electron chi connectivity index (χ0n) is 12.2. The quantitative estimate of drug-likeness (QED) is 0.653. The maximum Gasteiger partial charge on any atom is 0.220 e. The number of nitrogens with two attached hydrogens (primary N) is 1. The molecule has 0 radical (unpaired) electrons. The summed E-state index contributed by atoms with van der Waals surface area (Å²) in [6.07, 6.45) is 2.29. The van der Waals surface area contributed by atoms with Crippen LogP contribution in [0.4, 0.5) is 0 Å². The van der Waals surface area contributed by atoms with Gasteiger partial charge in [0.1, 0.15) is 0 Å². The van der Waals surface area contributed by atoms with E-state index in [-0.39, 0.29) is 5.92 Å². The van der Waals surface area contributed by atoms with Crippen molar-refractivity contribution in [2.24, 2.45) is 11.7 Å². The Morgan fingerprint density at radius 2 is 2.15 bits per heavy atom. The Kier molecular flexibility index (Phi) is 6.65. The first-order valence-electron chi connectivity index (χ1n) is 7.00. The van der Waals surface area contributed by atoms with E-state index in [1.807, 2.05) is 17.5 Å². The lowest BCUT2D eigenvalue weighted by molar-refractivity contribution is -0.123. The van der Waals surface area contributed by atoms with Crippen LogP contribution in [0.2, 0.25) is 0 Å². The number of carbonyl (C=O) groups is 1. The van der Waals surface area contributed by atoms with Crippen LogP contribution in [0.3, 0.4) is 0 Å². The van der Waals surface area contributed by atoms with Crippen molar-refractivity contribution in [2.75, 3.05) is 0 Å². The van der Waals surface area contributed by atoms with Crippen LogP contribution in [0.15, 0.2) is 17.5 Å². The van der Waals surface area contributed by atoms with Crippen LogP contribution in [0.1, 0.15) is 44.4 Å². The lowest BCUT2D eigenvalue weighted by Crippen LogP contribution is -2.30. The lowest BCUT2D eigenvalue weighted by atomic mass is 9.89. The maximum atomic E-state index is 11.4. The summed E-state index contributed by atoms with van der Waals surface area (Å²) in [5, 5.41) is 21.7. The molecule has 0 aliphatic carbocycles. The number of thiophene rings is 1. The fourth-order valence-corrected chi connectivity index (χ4v) is 2.84. The molecule has 1 amide bonds. The summed E-state index contributed by atoms with van der Waals surface area (Å²) >= 11 is 1.67. The van der Waals surface area contributed by atoms with Crippen molar-refractivity contribution < 1.29 is 15.0 Å². The van der Waals surface area contributed by atoms with Crippen LogP contribution >= 0.6 is 11.3 Å². The monoisotopic (exact) mass is 299 g/mol. The summed E-state index contributed by atoms with van der Waals surface area (Å²) in [6, 6.07) is 4.03. The molecule has 0 unspecified atom stereocenters. The largest absolute Gasteiger partial charge is 0.393 e. The fourth-order valence-electron chi connectivity index (χ4n) is 2.11. The van der Waals surface area contributed by atoms with E-state index in [1.165, 1.54) is 4.88 Å². The van der Waals surface area contributed by atoms with E-state index in [0.29, 0.717) is 25.7 Å². The molecule has 1 heterocycles. The van der Waals surface area contributed by atoms with Gasteiger partial charge in [-0.1, -0.05) is 6.07 Å². The van der Waals surface area contributed by atoms with Crippen molar-refractivity contribution in [3.8, 4) is 0 Å². The Bertz CT molecular complexity index is 398. The van der Waals surface area contributed by atoms with Crippen LogP contribution in [0.5, 0.6) is 0 Å². The molecule has 1 rings (SSSR count). The lowest BCUT2D eigenvalue weighted by Gasteiger charge is -2.22. The van der Waals surface area contributed by atoms with Gasteiger partial charge in [-0.25, -0.2) is 0 Å². The smallest absolute Gasteiger partial charge is 0.220 e. The van der Waals surface area contributed by atoms with Crippen molar-refractivity contribution in [2.45, 2.75) is 57.7 Å². The van der Waals surface area contributed by atoms with E-state index in [9.17, 15) is 15.0 Å². The summed E-state index contributed by atoms with van der Waals surface area (Å²) in [5.74, 6) is -0.774. The molecule has 0 saturated heterocycles. The van der Waals surface area contributed by atoms with Gasteiger partial charge in [-0.05, 0) is 57.4 Å². The number of carbonyl (C=O) groups excluding carboxylic acids is 1. The van der Waals surface area contributed by atoms with Crippen LogP contribution in [-0.4, -0.2) is 27.8 Å². The highest BCUT2D eigenvalue weighted by Gasteiger charge is 2.23. The zero-order valence-corrected chi connectivity index (χ0v) is 13.0. The number of hydrogen-bond acceptors (Lipinski definition) is 4. The van der Waals surface area contributed by atoms with E-state index in [2.05, 4.69) is 0 Å². The molecule has 20 heavy (non-hydrogen) atoms. The minimum Gasteiger partial charge on any atom is -0.393 e. The molecule has 5 heteroatoms. The normalized spacial score (nSPS) is 15.0. The summed E-state index contributed by atoms with van der Waals surface area (Å²) in [5.41, 5.74) is 4.57. The van der Waals surface area contributed by atoms with Gasteiger partial charge in [0.15, 0.2) is 0 Å². The Balaban J connectivity index is 2.38. The minimum absolute atomic E-state index is 0.372. The second-order valence-electron chi connectivity index (χ2n) is 5.96. The first-order chi connectivity index (χ1) is 9.28. The SMILES string of the molecule is CC(C)(O)CC[C@H](C[C@@H](O)CCc1cccs1)C(N)=O. The number of primary amides is 1. The van der Waals surface area contributed by atoms with Crippen molar-refractivity contribution in [1.82, 2.24) is 0 Å². The van der Waals surface area contributed by atoms with Gasteiger partial charge in [0.2, 0.25) is 5.91 Å². The number of aliphatic hydroxyl groups is 2. The Morgan fingerprint density at radius 1 is 1.45 bits per heavy atom. The first kappa shape index (κ1) is 17.1. The van der Waals surface area contributed by atoms with Crippen LogP contribution < -0.4 is 5.73 Å². The number of aliphatic hydroxyl groups excluding tert-OH is 1. The van der Waals surface area contributed by atoms with E-state index >= 15 is 0 Å². The molecule has 1 aromatic rings. The predicted octanol–water partition coefficient (Wildman–Crippen LogP) is 2.08. The molecule has 0 spiro atoms. The van der Waals surface area contributed by atoms with Crippen molar-refractivity contribution in [1.29, 1.82) is 0 Å². The van der Waals surface area contributed by atoms with Gasteiger partial charge in [0, 0.05) is 10.8 Å². The van der Waals surface area contributed by atoms with Crippen LogP contribution in [0.25, 0.3) is 0 Å². The molecule has 4 nitrogen and oxygen atoms in total. The topological polar surface area (TPSA) is 83.6 Å². The molecule has 4 N–H and O–H groups in total. The fraction of sp³-hybridized carbons (Fsp3) is 0.667. The van der Waals surface area contributed by atoms with Gasteiger partial charge >= 0.3 is 0 Å². The molecule has 2 atom stereocenters. The highest BCUT2D eigenvalue weighted by atomic mass is 32.1. The van der Waals surface area contributed by atoms with Crippen molar-refractivity contribution >= 4 is 17.2 Å². The summed E-state index contributed by atoms with van der Waals surface area (Å²) < 4.78 is 0. The third kappa shape index (κ3) is 7.03. The molecule has 0 aliphatic rings. The molecule has 0 aromatic carbocycles. The van der Waals surface area contributed by atoms with Gasteiger partial charge in [-0.2, -0.15) is 0 Å². The van der Waals surface area contributed by atoms with Gasteiger partial charge in [0.05, 0.1) is 11.7 Å². The van der Waals surface area contributed by atoms with Gasteiger partial charge in [-0.3, -0.25) is 4.79 Å². The Hall–Kier alpha value is -0.910. The van der Waals surface area contributed by atoms with Gasteiger partial charge in [0.25, 0.3) is 0 Å². The van der Waals surface area contributed by atoms with Crippen LogP contribution in [-0.2, 0) is 11.2 Å². The maximum absolute atomic E-state index is 11.4. The highest BCUT2D eigenvalue weighted by Crippen LogP contribution is 2.21. The third-order valence-corrected chi connectivity index (χ3v) is 4.30. The average molecular weight is 299 g/mol. The summed E-state index contributed by atoms with van der Waals surface area (Å²) in [4.78, 5) is 12.6. The van der Waals surface area contributed by atoms with E-state index in [0.717, 1.165) is 6.42 Å². The number of hydrogen-bond donors (Lipinski definition) is 3. The second-order valence-corrected chi connectivity index (χ2v) is 6.99. The van der Waals surface area contributed by atoms with Crippen LogP contribution in [0, 0.1) is 5.92 Å². The van der Waals surface area contributed by atoms with Crippen molar-refractivity contribution in [3.63, 3.8) is 0 Å². The van der Waals surface area contributed by atoms with Gasteiger partial charge in [-0.15, -0.1) is 11.3 Å². The average Bonchev–Trinajstić information content (AvgIpc) is 2.83. The van der Waals surface area contributed by atoms with Crippen molar-refractivity contribution in [3.05, 3.63) is 22.4 Å². The highest BCUT2D eigenvalue weighted by molar-refractivity contribution is 7.09. The van der Waals surface area contributed by atoms with E-state index in [4.69, 9.17) is 5.73 Å². The second kappa shape index (κ2) is 7.76. The number of rotatable bonds is 9. The molecule has 0 saturated carbocycles. The summed E-state index contributed by atoms with van der Waals surface area (Å²) in [6.45, 7) is 3.41. The Morgan fingerprint density at radius 3 is 2.65 bits per heavy atom. The number of aryl methyl sites for hydroxylation is 1. The third-order valence-electron chi connectivity index (χ3n) is 3.37. The van der Waals surface area contributed by atoms with Gasteiger partial charge < -0.3 is 15.9 Å². The van der Waals surface area contributed by atoms with E-state index in [1.54, 1.807) is 25.2 Å². The molecular formula is C15H25NO3S. The molecule has 0 bridgehead atoms. The molecule has 0 aliphatic heterocycles. The molecule has 1 aromatic heterocycles.